The first kappa shape index (κ1) is 15.5. The molecule has 1 aromatic carbocycles. The number of carbonyl (C=O) groups is 2. The molecule has 1 aliphatic heterocycles. The van der Waals surface area contributed by atoms with Crippen LogP contribution in [-0.4, -0.2) is 23.0 Å². The van der Waals surface area contributed by atoms with E-state index >= 15 is 0 Å². The van der Waals surface area contributed by atoms with Crippen LogP contribution in [0.1, 0.15) is 31.7 Å². The van der Waals surface area contributed by atoms with Gasteiger partial charge in [-0.05, 0) is 38.5 Å². The van der Waals surface area contributed by atoms with E-state index in [4.69, 9.17) is 10.5 Å². The summed E-state index contributed by atoms with van der Waals surface area (Å²) in [5, 5.41) is 5.16. The molecule has 1 heterocycles. The van der Waals surface area contributed by atoms with Crippen LogP contribution in [0.4, 0.5) is 10.5 Å². The molecule has 1 fully saturated rings. The maximum absolute atomic E-state index is 11.9. The molecule has 0 aromatic heterocycles. The minimum absolute atomic E-state index is 0.270. The predicted molar refractivity (Wildman–Crippen MR) is 82.5 cm³/mol. The summed E-state index contributed by atoms with van der Waals surface area (Å²) in [6, 6.07) is 7.25. The fraction of sp³-hybridized carbons (Fsp3) is 0.429. The van der Waals surface area contributed by atoms with Crippen LogP contribution in [0, 0.1) is 0 Å². The molecule has 21 heavy (non-hydrogen) atoms. The second-order valence-electron chi connectivity index (χ2n) is 5.81. The van der Waals surface area contributed by atoms with Crippen LogP contribution in [-0.2, 0) is 9.53 Å². The summed E-state index contributed by atoms with van der Waals surface area (Å²) in [4.78, 5) is 23.6. The lowest BCUT2D eigenvalue weighted by Crippen LogP contribution is -2.43. The summed E-state index contributed by atoms with van der Waals surface area (Å²) in [6.07, 6.45) is -0.608. The van der Waals surface area contributed by atoms with E-state index in [1.807, 2.05) is 32.9 Å². The quantitative estimate of drug-likeness (QED) is 0.726. The highest BCUT2D eigenvalue weighted by Gasteiger charge is 2.37. The third kappa shape index (κ3) is 4.29. The third-order valence-corrected chi connectivity index (χ3v) is 3.87. The molecule has 1 aromatic rings. The molecule has 1 aliphatic rings. The number of anilines is 1. The molecule has 0 bridgehead atoms. The van der Waals surface area contributed by atoms with Crippen LogP contribution < -0.4 is 16.4 Å². The van der Waals surface area contributed by atoms with E-state index in [1.165, 1.54) is 11.8 Å². The van der Waals surface area contributed by atoms with Crippen molar-refractivity contribution in [3.63, 3.8) is 0 Å². The second-order valence-corrected chi connectivity index (χ2v) is 6.98. The summed E-state index contributed by atoms with van der Waals surface area (Å²) in [6.45, 7) is 5.52. The van der Waals surface area contributed by atoms with E-state index in [2.05, 4.69) is 10.6 Å². The number of rotatable bonds is 2. The molecule has 0 aliphatic carbocycles. The minimum atomic E-state index is -0.862. The van der Waals surface area contributed by atoms with Crippen molar-refractivity contribution in [2.24, 2.45) is 0 Å². The normalized spacial score (nSPS) is 21.8. The molecule has 0 radical (unpaired) electrons. The summed E-state index contributed by atoms with van der Waals surface area (Å²) in [5.74, 6) is -0.323. The third-order valence-electron chi connectivity index (χ3n) is 2.65. The van der Waals surface area contributed by atoms with Crippen molar-refractivity contribution in [3.8, 4) is 0 Å². The molecule has 2 amide bonds. The van der Waals surface area contributed by atoms with Gasteiger partial charge in [0.15, 0.2) is 0 Å². The molecule has 7 heteroatoms. The van der Waals surface area contributed by atoms with E-state index in [0.717, 1.165) is 5.56 Å². The van der Waals surface area contributed by atoms with Gasteiger partial charge in [0, 0.05) is 11.2 Å². The smallest absolute Gasteiger partial charge is 0.409 e. The van der Waals surface area contributed by atoms with Crippen LogP contribution in [0.2, 0.25) is 0 Å². The van der Waals surface area contributed by atoms with E-state index in [0.29, 0.717) is 5.69 Å². The monoisotopic (exact) mass is 309 g/mol. The average Bonchev–Trinajstić information content (AvgIpc) is 2.68. The highest BCUT2D eigenvalue weighted by Crippen LogP contribution is 2.36. The largest absolute Gasteiger partial charge is 0.425 e. The number of carbonyl (C=O) groups excluding carboxylic acids is 2. The number of nitrogen functional groups attached to an aromatic ring is 1. The van der Waals surface area contributed by atoms with Crippen LogP contribution in [0.25, 0.3) is 0 Å². The minimum Gasteiger partial charge on any atom is -0.425 e. The number of hydrogen-bond donors (Lipinski definition) is 3. The van der Waals surface area contributed by atoms with E-state index in [9.17, 15) is 9.59 Å². The predicted octanol–water partition coefficient (Wildman–Crippen LogP) is 1.98. The molecule has 4 N–H and O–H groups in total. The highest BCUT2D eigenvalue weighted by molar-refractivity contribution is 8.01. The molecular formula is C14H19N3O3S. The van der Waals surface area contributed by atoms with Gasteiger partial charge in [0.25, 0.3) is 5.91 Å². The van der Waals surface area contributed by atoms with Gasteiger partial charge in [0.05, 0.1) is 0 Å². The fourth-order valence-electron chi connectivity index (χ4n) is 1.81. The first-order valence-corrected chi connectivity index (χ1v) is 7.49. The second kappa shape index (κ2) is 5.85. The number of hydrogen-bond acceptors (Lipinski definition) is 5. The molecule has 0 spiro atoms. The molecule has 2 rings (SSSR count). The van der Waals surface area contributed by atoms with E-state index in [-0.39, 0.29) is 11.3 Å². The van der Waals surface area contributed by atoms with Crippen LogP contribution in [0.5, 0.6) is 0 Å². The lowest BCUT2D eigenvalue weighted by Gasteiger charge is -2.21. The first-order chi connectivity index (χ1) is 9.74. The van der Waals surface area contributed by atoms with Crippen molar-refractivity contribution >= 4 is 29.4 Å². The Morgan fingerprint density at radius 1 is 1.43 bits per heavy atom. The van der Waals surface area contributed by atoms with Gasteiger partial charge in [-0.2, -0.15) is 0 Å². The average molecular weight is 309 g/mol. The van der Waals surface area contributed by atoms with Gasteiger partial charge in [0.1, 0.15) is 5.37 Å². The molecule has 0 saturated carbocycles. The van der Waals surface area contributed by atoms with E-state index in [1.54, 1.807) is 12.1 Å². The van der Waals surface area contributed by atoms with Gasteiger partial charge in [-0.1, -0.05) is 23.9 Å². The van der Waals surface area contributed by atoms with Gasteiger partial charge in [-0.3, -0.25) is 4.79 Å². The fourth-order valence-corrected chi connectivity index (χ4v) is 2.88. The summed E-state index contributed by atoms with van der Waals surface area (Å²) >= 11 is 1.24. The molecule has 2 unspecified atom stereocenters. The molecule has 1 saturated heterocycles. The van der Waals surface area contributed by atoms with Gasteiger partial charge in [0.2, 0.25) is 5.44 Å². The Balaban J connectivity index is 1.98. The zero-order chi connectivity index (χ0) is 15.6. The Labute approximate surface area is 127 Å². The number of thioether (sulfide) groups is 1. The Morgan fingerprint density at radius 2 is 2.14 bits per heavy atom. The zero-order valence-corrected chi connectivity index (χ0v) is 13.0. The van der Waals surface area contributed by atoms with Crippen molar-refractivity contribution < 1.29 is 14.3 Å². The van der Waals surface area contributed by atoms with Crippen LogP contribution in [0.15, 0.2) is 24.3 Å². The maximum atomic E-state index is 11.9. The molecule has 114 valence electrons. The van der Waals surface area contributed by atoms with E-state index < -0.39 is 17.1 Å². The molecule has 6 nitrogen and oxygen atoms in total. The highest BCUT2D eigenvalue weighted by atomic mass is 32.2. The number of nitrogens with two attached hydrogens (primary N) is 1. The number of nitrogens with one attached hydrogen (secondary N) is 2. The lowest BCUT2D eigenvalue weighted by molar-refractivity contribution is -0.124. The lowest BCUT2D eigenvalue weighted by atomic mass is 10.1. The Kier molecular flexibility index (Phi) is 4.32. The van der Waals surface area contributed by atoms with Crippen LogP contribution >= 0.6 is 11.8 Å². The van der Waals surface area contributed by atoms with Crippen molar-refractivity contribution in [1.82, 2.24) is 10.6 Å². The number of alkyl carbamates (subject to hydrolysis) is 1. The van der Waals surface area contributed by atoms with Crippen molar-refractivity contribution in [1.29, 1.82) is 0 Å². The Hall–Kier alpha value is -1.89. The van der Waals surface area contributed by atoms with Gasteiger partial charge < -0.3 is 21.1 Å². The van der Waals surface area contributed by atoms with Crippen molar-refractivity contribution in [2.75, 3.05) is 5.73 Å². The first-order valence-electron chi connectivity index (χ1n) is 6.55. The number of amides is 2. The Morgan fingerprint density at radius 3 is 2.76 bits per heavy atom. The zero-order valence-electron chi connectivity index (χ0n) is 12.2. The molecular weight excluding hydrogens is 290 g/mol. The van der Waals surface area contributed by atoms with Gasteiger partial charge >= 0.3 is 6.09 Å². The standard InChI is InChI=1S/C14H19N3O3S/c1-14(2,3)17-13(19)20-12-10(18)16-11(21-12)8-5-4-6-9(15)7-8/h4-7,11-12H,15H2,1-3H3,(H,16,18)(H,17,19). The summed E-state index contributed by atoms with van der Waals surface area (Å²) in [7, 11) is 0. The SMILES string of the molecule is CC(C)(C)NC(=O)OC1SC(c2cccc(N)c2)NC1=O. The number of ether oxygens (including phenoxy) is 1. The molecule has 2 atom stereocenters. The summed E-state index contributed by atoms with van der Waals surface area (Å²) < 4.78 is 5.15. The van der Waals surface area contributed by atoms with Crippen molar-refractivity contribution in [2.45, 2.75) is 37.1 Å². The maximum Gasteiger partial charge on any atom is 0.409 e. The topological polar surface area (TPSA) is 93.4 Å². The number of benzene rings is 1. The summed E-state index contributed by atoms with van der Waals surface area (Å²) in [5.41, 5.74) is 5.95. The van der Waals surface area contributed by atoms with Gasteiger partial charge in [-0.15, -0.1) is 0 Å². The van der Waals surface area contributed by atoms with Crippen LogP contribution in [0.3, 0.4) is 0 Å². The van der Waals surface area contributed by atoms with Gasteiger partial charge in [-0.25, -0.2) is 4.79 Å². The van der Waals surface area contributed by atoms with Crippen molar-refractivity contribution in [3.05, 3.63) is 29.8 Å². The Bertz CT molecular complexity index is 557.